The van der Waals surface area contributed by atoms with E-state index in [-0.39, 0.29) is 38.6 Å². The maximum absolute atomic E-state index is 9.86. The van der Waals surface area contributed by atoms with Gasteiger partial charge in [-0.05, 0) is 5.75 Å². The van der Waals surface area contributed by atoms with Crippen LogP contribution < -0.4 is 0 Å². The number of hydrogen-bond donors (Lipinski definition) is 0. The molecule has 0 aliphatic rings. The fraction of sp³-hybridized carbons (Fsp3) is 0.750. The van der Waals surface area contributed by atoms with Crippen molar-refractivity contribution in [3.05, 3.63) is 0 Å². The second kappa shape index (κ2) is 9.90. The van der Waals surface area contributed by atoms with Gasteiger partial charge in [0.2, 0.25) is 0 Å². The second-order valence-electron chi connectivity index (χ2n) is 1.40. The number of rotatable bonds is 4. The summed E-state index contributed by atoms with van der Waals surface area (Å²) in [6.45, 7) is 1.86. The molecule has 0 aliphatic heterocycles. The first-order valence-corrected chi connectivity index (χ1v) is 5.97. The third-order valence-corrected chi connectivity index (χ3v) is 3.40. The van der Waals surface area contributed by atoms with Gasteiger partial charge in [-0.1, -0.05) is 36.6 Å². The summed E-state index contributed by atoms with van der Waals surface area (Å²) in [6, 6.07) is 0. The first kappa shape index (κ1) is 13.5. The van der Waals surface area contributed by atoms with Crippen LogP contribution in [0.25, 0.3) is 0 Å². The predicted molar refractivity (Wildman–Crippen MR) is 44.6 cm³/mol. The van der Waals surface area contributed by atoms with Crippen molar-refractivity contribution < 1.29 is 37.5 Å². The van der Waals surface area contributed by atoms with Gasteiger partial charge in [0.25, 0.3) is 0 Å². The van der Waals surface area contributed by atoms with Crippen LogP contribution in [-0.2, 0) is 37.5 Å². The van der Waals surface area contributed by atoms with Gasteiger partial charge in [0.15, 0.2) is 0 Å². The minimum atomic E-state index is 0. The van der Waals surface area contributed by atoms with E-state index in [0.717, 1.165) is 5.75 Å². The van der Waals surface area contributed by atoms with Crippen LogP contribution >= 0.6 is 29.6 Å². The Kier molecular flexibility index (Phi) is 14.8. The van der Waals surface area contributed by atoms with Crippen molar-refractivity contribution >= 4 is 35.9 Å². The maximum atomic E-state index is 9.86. The molecule has 1 nitrogen and oxygen atoms in total. The molecular weight excluding hydrogens is 248 g/mol. The SMILES string of the molecule is CC([C-]=O)CSSP.[Y]. The molecule has 51 valence electrons. The zero-order valence-electron chi connectivity index (χ0n) is 5.16. The molecule has 0 fully saturated rings. The first-order valence-electron chi connectivity index (χ1n) is 2.17. The van der Waals surface area contributed by atoms with Gasteiger partial charge in [-0.25, -0.2) is 0 Å². The monoisotopic (exact) mass is 256 g/mol. The Morgan fingerprint density at radius 2 is 2.33 bits per heavy atom. The summed E-state index contributed by atoms with van der Waals surface area (Å²) in [6.07, 6.45) is 1.91. The van der Waals surface area contributed by atoms with E-state index < -0.39 is 0 Å². The Hall–Kier alpha value is 1.90. The molecule has 0 aromatic heterocycles. The quantitative estimate of drug-likeness (QED) is 0.434. The van der Waals surface area contributed by atoms with E-state index in [9.17, 15) is 4.79 Å². The maximum Gasteiger partial charge on any atom is 0 e. The molecule has 0 rings (SSSR count). The third kappa shape index (κ3) is 9.90. The van der Waals surface area contributed by atoms with Crippen molar-refractivity contribution in [2.75, 3.05) is 5.75 Å². The molecule has 0 aromatic carbocycles. The van der Waals surface area contributed by atoms with E-state index in [0.29, 0.717) is 0 Å². The molecule has 0 amide bonds. The van der Waals surface area contributed by atoms with E-state index in [4.69, 9.17) is 0 Å². The Labute approximate surface area is 91.1 Å². The van der Waals surface area contributed by atoms with Gasteiger partial charge in [0.1, 0.15) is 0 Å². The van der Waals surface area contributed by atoms with E-state index >= 15 is 0 Å². The standard InChI is InChI=1S/C4H8OPS2.Y/c1-4(2-5)3-7-8-6;/h4H,3,6H2,1H3;/q-1;. The van der Waals surface area contributed by atoms with Crippen molar-refractivity contribution in [2.24, 2.45) is 5.92 Å². The molecular formula is C4H8OPS2Y-. The Morgan fingerprint density at radius 1 is 1.78 bits per heavy atom. The largest absolute Gasteiger partial charge is 0.541 e. The first-order chi connectivity index (χ1) is 3.81. The van der Waals surface area contributed by atoms with Crippen molar-refractivity contribution in [1.82, 2.24) is 0 Å². The van der Waals surface area contributed by atoms with Gasteiger partial charge in [0, 0.05) is 32.7 Å². The van der Waals surface area contributed by atoms with Gasteiger partial charge in [-0.15, -0.1) is 5.92 Å². The molecule has 5 heteroatoms. The summed E-state index contributed by atoms with van der Waals surface area (Å²) < 4.78 is 0. The Morgan fingerprint density at radius 3 is 2.67 bits per heavy atom. The van der Waals surface area contributed by atoms with Crippen LogP contribution in [0.15, 0.2) is 0 Å². The van der Waals surface area contributed by atoms with Gasteiger partial charge in [-0.2, -0.15) is 0 Å². The van der Waals surface area contributed by atoms with E-state index in [1.54, 1.807) is 21.2 Å². The van der Waals surface area contributed by atoms with Crippen LogP contribution in [0.5, 0.6) is 0 Å². The molecule has 2 atom stereocenters. The molecule has 1 radical (unpaired) electrons. The molecule has 0 heterocycles. The molecule has 0 bridgehead atoms. The number of hydrogen-bond acceptors (Lipinski definition) is 3. The zero-order valence-corrected chi connectivity index (χ0v) is 10.8. The van der Waals surface area contributed by atoms with Gasteiger partial charge < -0.3 is 4.79 Å². The van der Waals surface area contributed by atoms with E-state index in [2.05, 4.69) is 8.44 Å². The molecule has 0 spiro atoms. The molecule has 0 aromatic rings. The van der Waals surface area contributed by atoms with Crippen LogP contribution in [0, 0.1) is 5.92 Å². The fourth-order valence-electron chi connectivity index (χ4n) is 0.175. The molecule has 0 aliphatic carbocycles. The molecule has 0 saturated carbocycles. The summed E-state index contributed by atoms with van der Waals surface area (Å²) in [7, 11) is 5.77. The van der Waals surface area contributed by atoms with E-state index in [1.165, 1.54) is 0 Å². The fourth-order valence-corrected chi connectivity index (χ4v) is 2.08. The smallest absolute Gasteiger partial charge is 0 e. The predicted octanol–water partition coefficient (Wildman–Crippen LogP) is 1.90. The minimum absolute atomic E-state index is 0. The summed E-state index contributed by atoms with van der Waals surface area (Å²) in [5.74, 6) is 0.936. The Balaban J connectivity index is 0. The molecule has 2 unspecified atom stereocenters. The molecule has 9 heavy (non-hydrogen) atoms. The van der Waals surface area contributed by atoms with Crippen LogP contribution in [0.3, 0.4) is 0 Å². The van der Waals surface area contributed by atoms with Crippen molar-refractivity contribution in [2.45, 2.75) is 6.92 Å². The summed E-state index contributed by atoms with van der Waals surface area (Å²) in [5, 5.41) is 0. The Bertz CT molecular complexity index is 73.6. The van der Waals surface area contributed by atoms with Crippen molar-refractivity contribution in [1.29, 1.82) is 0 Å². The summed E-state index contributed by atoms with van der Waals surface area (Å²) in [5.41, 5.74) is 0. The number of carbonyl (C=O) groups excluding carboxylic acids is 1. The van der Waals surface area contributed by atoms with E-state index in [1.807, 2.05) is 13.2 Å². The molecule has 0 saturated heterocycles. The van der Waals surface area contributed by atoms with Gasteiger partial charge >= 0.3 is 0 Å². The average molecular weight is 256 g/mol. The average Bonchev–Trinajstić information content (AvgIpc) is 1.83. The summed E-state index contributed by atoms with van der Waals surface area (Å²) >= 11 is 0. The van der Waals surface area contributed by atoms with Crippen LogP contribution in [0.2, 0.25) is 0 Å². The van der Waals surface area contributed by atoms with Crippen LogP contribution in [-0.4, -0.2) is 12.0 Å². The third-order valence-electron chi connectivity index (χ3n) is 0.587. The van der Waals surface area contributed by atoms with Gasteiger partial charge in [-0.3, -0.25) is 6.29 Å². The summed E-state index contributed by atoms with van der Waals surface area (Å²) in [4.78, 5) is 9.86. The van der Waals surface area contributed by atoms with Crippen LogP contribution in [0.4, 0.5) is 0 Å². The van der Waals surface area contributed by atoms with Crippen LogP contribution in [0.1, 0.15) is 6.92 Å². The topological polar surface area (TPSA) is 17.1 Å². The zero-order chi connectivity index (χ0) is 6.41. The molecule has 0 N–H and O–H groups in total. The normalized spacial score (nSPS) is 11.8. The minimum Gasteiger partial charge on any atom is -0.541 e. The van der Waals surface area contributed by atoms with Crippen molar-refractivity contribution in [3.8, 4) is 0 Å². The van der Waals surface area contributed by atoms with Gasteiger partial charge in [0.05, 0.1) is 0 Å². The second-order valence-corrected chi connectivity index (χ2v) is 5.18. The van der Waals surface area contributed by atoms with Crippen molar-refractivity contribution in [3.63, 3.8) is 0 Å².